The fourth-order valence-electron chi connectivity index (χ4n) is 3.56. The Labute approximate surface area is 221 Å². The maximum atomic E-state index is 12.3. The maximum absolute atomic E-state index is 12.3. The number of methoxy groups -OCH3 is 1. The van der Waals surface area contributed by atoms with Gasteiger partial charge in [0.2, 0.25) is 0 Å². The van der Waals surface area contributed by atoms with E-state index < -0.39 is 24.6 Å². The van der Waals surface area contributed by atoms with E-state index in [1.54, 1.807) is 26.6 Å². The van der Waals surface area contributed by atoms with Crippen molar-refractivity contribution in [3.8, 4) is 0 Å². The van der Waals surface area contributed by atoms with Crippen molar-refractivity contribution < 1.29 is 25.3 Å². The average Bonchev–Trinajstić information content (AvgIpc) is 2.91. The van der Waals surface area contributed by atoms with Crippen molar-refractivity contribution in [2.45, 2.75) is 45.8 Å². The van der Waals surface area contributed by atoms with Gasteiger partial charge in [0.15, 0.2) is 0 Å². The molecule has 0 aromatic heterocycles. The Morgan fingerprint density at radius 1 is 0.865 bits per heavy atom. The van der Waals surface area contributed by atoms with Gasteiger partial charge in [0.25, 0.3) is 0 Å². The molecule has 0 saturated carbocycles. The van der Waals surface area contributed by atoms with E-state index in [0.29, 0.717) is 12.7 Å². The second-order valence-electron chi connectivity index (χ2n) is 9.18. The zero-order valence-corrected chi connectivity index (χ0v) is 23.0. The molecule has 0 bridgehead atoms. The van der Waals surface area contributed by atoms with Crippen LogP contribution in [0.25, 0.3) is 0 Å². The molecule has 0 aliphatic rings. The third-order valence-electron chi connectivity index (χ3n) is 5.30. The molecule has 0 aliphatic carbocycles. The van der Waals surface area contributed by atoms with E-state index in [4.69, 9.17) is 9.47 Å². The van der Waals surface area contributed by atoms with Gasteiger partial charge in [-0.1, -0.05) is 97.9 Å². The van der Waals surface area contributed by atoms with E-state index in [2.05, 4.69) is 41.7 Å². The minimum absolute atomic E-state index is 0. The van der Waals surface area contributed by atoms with Crippen LogP contribution in [0.15, 0.2) is 91.0 Å². The lowest BCUT2D eigenvalue weighted by molar-refractivity contribution is -0.132. The Balaban J connectivity index is 0.000000444. The highest BCUT2D eigenvalue weighted by atomic mass is 31.2. The average molecular weight is 524 g/mol. The molecule has 0 radical (unpaired) electrons. The van der Waals surface area contributed by atoms with Gasteiger partial charge < -0.3 is 19.6 Å². The molecule has 3 aromatic carbocycles. The molecular formula is C30H38NO5P. The summed E-state index contributed by atoms with van der Waals surface area (Å²) in [5.74, 6) is 1.47. The predicted octanol–water partition coefficient (Wildman–Crippen LogP) is 4.69. The van der Waals surface area contributed by atoms with Crippen LogP contribution in [0.1, 0.15) is 35.5 Å². The van der Waals surface area contributed by atoms with Gasteiger partial charge in [-0.3, -0.25) is 0 Å². The number of carbonyl (C=O) groups is 3. The van der Waals surface area contributed by atoms with E-state index in [0.717, 1.165) is 15.9 Å². The number of rotatable bonds is 7. The van der Waals surface area contributed by atoms with E-state index in [1.807, 2.05) is 61.5 Å². The largest absolute Gasteiger partial charge is 0.466 e. The van der Waals surface area contributed by atoms with Crippen molar-refractivity contribution in [2.24, 2.45) is 0 Å². The van der Waals surface area contributed by atoms with Crippen LogP contribution in [0.5, 0.6) is 0 Å². The molecule has 6 nitrogen and oxygen atoms in total. The molecule has 7 heteroatoms. The van der Waals surface area contributed by atoms with Crippen molar-refractivity contribution in [3.63, 3.8) is 0 Å². The normalized spacial score (nSPS) is 11.7. The molecule has 1 N–H and O–H groups in total. The predicted molar refractivity (Wildman–Crippen MR) is 155 cm³/mol. The van der Waals surface area contributed by atoms with Gasteiger partial charge in [0.1, 0.15) is 11.9 Å². The van der Waals surface area contributed by atoms with E-state index >= 15 is 0 Å². The van der Waals surface area contributed by atoms with Crippen LogP contribution in [0.3, 0.4) is 0 Å². The Hall–Kier alpha value is -3.63. The molecule has 0 unspecified atom stereocenters. The van der Waals surface area contributed by atoms with Gasteiger partial charge in [-0.15, -0.1) is 0 Å². The van der Waals surface area contributed by atoms with E-state index in [-0.39, 0.29) is 7.40 Å². The van der Waals surface area contributed by atoms with Crippen LogP contribution >= 0.6 is 6.89 Å². The molecule has 0 spiro atoms. The molecule has 0 aliphatic heterocycles. The monoisotopic (exact) mass is 523 g/mol. The van der Waals surface area contributed by atoms with Crippen LogP contribution in [0.2, 0.25) is 0 Å². The highest BCUT2D eigenvalue weighted by molar-refractivity contribution is 7.95. The highest BCUT2D eigenvalue weighted by Crippen LogP contribution is 2.43. The third-order valence-corrected chi connectivity index (χ3v) is 9.23. The Morgan fingerprint density at radius 3 is 1.57 bits per heavy atom. The summed E-state index contributed by atoms with van der Waals surface area (Å²) in [6, 6.07) is 30.2. The Kier molecular flexibility index (Phi) is 11.4. The summed E-state index contributed by atoms with van der Waals surface area (Å²) in [4.78, 5) is 33.8. The molecular weight excluding hydrogens is 485 g/mol. The number of esters is 1. The van der Waals surface area contributed by atoms with Crippen molar-refractivity contribution in [3.05, 3.63) is 91.0 Å². The summed E-state index contributed by atoms with van der Waals surface area (Å²) in [6.45, 7) is 4.91. The SMILES string of the molecule is CC[C@@H](C=O)NC(=O)OC(C)(C)C.COC(=O)C=P(c1ccccc1)(c1ccccc1)c1ccccc1.[HH]. The van der Waals surface area contributed by atoms with E-state index in [1.165, 1.54) is 7.11 Å². The summed E-state index contributed by atoms with van der Waals surface area (Å²) in [5.41, 5.74) is -0.523. The minimum Gasteiger partial charge on any atom is -0.466 e. The van der Waals surface area contributed by atoms with Crippen LogP contribution in [0.4, 0.5) is 4.79 Å². The summed E-state index contributed by atoms with van der Waals surface area (Å²) in [6.07, 6.45) is 0.721. The van der Waals surface area contributed by atoms with Crippen LogP contribution in [-0.2, 0) is 19.1 Å². The first-order valence-corrected chi connectivity index (χ1v) is 14.0. The second kappa shape index (κ2) is 14.2. The van der Waals surface area contributed by atoms with Gasteiger partial charge in [0.05, 0.1) is 13.2 Å². The fourth-order valence-corrected chi connectivity index (χ4v) is 7.25. The van der Waals surface area contributed by atoms with Crippen molar-refractivity contribution in [1.29, 1.82) is 0 Å². The van der Waals surface area contributed by atoms with Crippen molar-refractivity contribution in [1.82, 2.24) is 5.32 Å². The van der Waals surface area contributed by atoms with Crippen LogP contribution in [-0.4, -0.2) is 42.9 Å². The number of hydrogen-bond donors (Lipinski definition) is 1. The molecule has 0 saturated heterocycles. The number of aldehydes is 1. The number of benzene rings is 3. The maximum Gasteiger partial charge on any atom is 0.408 e. The first-order valence-electron chi connectivity index (χ1n) is 12.1. The topological polar surface area (TPSA) is 81.7 Å². The Morgan fingerprint density at radius 2 is 1.27 bits per heavy atom. The molecule has 0 heterocycles. The van der Waals surface area contributed by atoms with Crippen LogP contribution < -0.4 is 21.2 Å². The molecule has 0 fully saturated rings. The standard InChI is InChI=1S/C21H19O2P.C9H17NO3.H2/c1-23-21(22)17-24(18-11-5-2-6-12-18,19-13-7-3-8-14-19)20-15-9-4-10-16-20;1-5-7(6-11)10-8(12)13-9(2,3)4;/h2-17H,1H3;6-7H,5H2,1-4H3,(H,10,12);1H/t;7-;/m.0./s1. The Bertz CT molecular complexity index is 1090. The van der Waals surface area contributed by atoms with Crippen molar-refractivity contribution in [2.75, 3.05) is 7.11 Å². The lowest BCUT2D eigenvalue weighted by atomic mass is 10.2. The van der Waals surface area contributed by atoms with Gasteiger partial charge in [-0.2, -0.15) is 0 Å². The highest BCUT2D eigenvalue weighted by Gasteiger charge is 2.26. The fraction of sp³-hybridized carbons (Fsp3) is 0.267. The molecule has 1 atom stereocenters. The lowest BCUT2D eigenvalue weighted by Crippen LogP contribution is -2.39. The first-order chi connectivity index (χ1) is 17.7. The number of nitrogens with one attached hydrogen (secondary N) is 1. The zero-order valence-electron chi connectivity index (χ0n) is 22.1. The van der Waals surface area contributed by atoms with Gasteiger partial charge >= 0.3 is 12.1 Å². The van der Waals surface area contributed by atoms with Gasteiger partial charge in [-0.25, -0.2) is 9.59 Å². The zero-order chi connectivity index (χ0) is 27.3. The van der Waals surface area contributed by atoms with E-state index in [9.17, 15) is 14.4 Å². The number of amides is 1. The van der Waals surface area contributed by atoms with Gasteiger partial charge in [0, 0.05) is 7.22 Å². The van der Waals surface area contributed by atoms with Gasteiger partial charge in [-0.05, 0) is 50.0 Å². The second-order valence-corrected chi connectivity index (χ2v) is 12.4. The minimum atomic E-state index is -2.23. The number of hydrogen-bond acceptors (Lipinski definition) is 5. The summed E-state index contributed by atoms with van der Waals surface area (Å²) in [5, 5.41) is 5.84. The summed E-state index contributed by atoms with van der Waals surface area (Å²) >= 11 is 0. The molecule has 3 aromatic rings. The molecule has 3 rings (SSSR count). The molecule has 37 heavy (non-hydrogen) atoms. The molecule has 1 amide bonds. The molecule has 198 valence electrons. The quantitative estimate of drug-likeness (QED) is 0.276. The lowest BCUT2D eigenvalue weighted by Gasteiger charge is -2.28. The number of ether oxygens (including phenoxy) is 2. The number of alkyl carbamates (subject to hydrolysis) is 1. The number of carbonyl (C=O) groups excluding carboxylic acids is 3. The third kappa shape index (κ3) is 8.76. The summed E-state index contributed by atoms with van der Waals surface area (Å²) in [7, 11) is 1.43. The summed E-state index contributed by atoms with van der Waals surface area (Å²) < 4.78 is 9.97. The smallest absolute Gasteiger partial charge is 0.408 e. The first kappa shape index (κ1) is 29.6. The van der Waals surface area contributed by atoms with Crippen LogP contribution in [0, 0.1) is 0 Å². The van der Waals surface area contributed by atoms with Crippen molar-refractivity contribution >= 4 is 46.9 Å².